The van der Waals surface area contributed by atoms with Crippen LogP contribution in [0, 0.1) is 0 Å². The Morgan fingerprint density at radius 3 is 2.92 bits per heavy atom. The van der Waals surface area contributed by atoms with E-state index in [1.54, 1.807) is 32.2 Å². The summed E-state index contributed by atoms with van der Waals surface area (Å²) in [5.41, 5.74) is 5.86. The number of aromatic nitrogens is 2. The zero-order valence-corrected chi connectivity index (χ0v) is 14.1. The van der Waals surface area contributed by atoms with Crippen molar-refractivity contribution in [3.8, 4) is 0 Å². The number of esters is 1. The number of amides is 1. The number of hydrogen-bond acceptors (Lipinski definition) is 8. The van der Waals surface area contributed by atoms with Gasteiger partial charge in [-0.1, -0.05) is 11.8 Å². The Morgan fingerprint density at radius 1 is 1.50 bits per heavy atom. The summed E-state index contributed by atoms with van der Waals surface area (Å²) in [7, 11) is 0. The van der Waals surface area contributed by atoms with E-state index in [9.17, 15) is 9.59 Å². The third-order valence-electron chi connectivity index (χ3n) is 2.96. The summed E-state index contributed by atoms with van der Waals surface area (Å²) in [5.74, 6) is -0.0715. The lowest BCUT2D eigenvalue weighted by molar-refractivity contribution is -0.120. The molecule has 2 aromatic rings. The van der Waals surface area contributed by atoms with Gasteiger partial charge in [0.25, 0.3) is 0 Å². The third kappa shape index (κ3) is 4.72. The molecule has 24 heavy (non-hydrogen) atoms. The summed E-state index contributed by atoms with van der Waals surface area (Å²) in [6.07, 6.45) is 2.84. The monoisotopic (exact) mass is 350 g/mol. The predicted molar refractivity (Wildman–Crippen MR) is 88.3 cm³/mol. The molecule has 2 rings (SSSR count). The van der Waals surface area contributed by atoms with Gasteiger partial charge in [0.2, 0.25) is 5.91 Å². The number of rotatable bonds is 7. The lowest BCUT2D eigenvalue weighted by Gasteiger charge is -2.11. The minimum absolute atomic E-state index is 0.0224. The number of furan rings is 1. The zero-order chi connectivity index (χ0) is 17.5. The van der Waals surface area contributed by atoms with Crippen LogP contribution < -0.4 is 11.1 Å². The molecule has 0 fully saturated rings. The lowest BCUT2D eigenvalue weighted by Crippen LogP contribution is -2.30. The molecule has 0 aromatic carbocycles. The zero-order valence-electron chi connectivity index (χ0n) is 13.3. The molecule has 3 N–H and O–H groups in total. The van der Waals surface area contributed by atoms with E-state index < -0.39 is 11.2 Å². The summed E-state index contributed by atoms with van der Waals surface area (Å²) in [5, 5.41) is 2.62. The van der Waals surface area contributed by atoms with Crippen LogP contribution in [0.2, 0.25) is 0 Å². The van der Waals surface area contributed by atoms with Crippen LogP contribution in [0.3, 0.4) is 0 Å². The van der Waals surface area contributed by atoms with Crippen LogP contribution in [0.5, 0.6) is 0 Å². The van der Waals surface area contributed by atoms with Gasteiger partial charge in [0.15, 0.2) is 5.16 Å². The van der Waals surface area contributed by atoms with Gasteiger partial charge in [0, 0.05) is 6.20 Å². The number of nitrogens with zero attached hydrogens (tertiary/aromatic N) is 2. The molecule has 0 aliphatic heterocycles. The molecule has 0 bridgehead atoms. The SMILES string of the molecule is CCOC(=O)c1cnc(S[C@H](C)C(=O)NCc2ccco2)nc1N. The van der Waals surface area contributed by atoms with Gasteiger partial charge in [-0.05, 0) is 26.0 Å². The maximum atomic E-state index is 12.1. The summed E-state index contributed by atoms with van der Waals surface area (Å²) < 4.78 is 10.0. The number of carbonyl (C=O) groups is 2. The van der Waals surface area contributed by atoms with Crippen LogP contribution in [0.15, 0.2) is 34.2 Å². The van der Waals surface area contributed by atoms with E-state index in [1.807, 2.05) is 0 Å². The average Bonchev–Trinajstić information content (AvgIpc) is 3.06. The number of nitrogen functional groups attached to an aromatic ring is 1. The highest BCUT2D eigenvalue weighted by atomic mass is 32.2. The van der Waals surface area contributed by atoms with Gasteiger partial charge in [-0.2, -0.15) is 0 Å². The molecule has 0 aliphatic rings. The molecule has 0 spiro atoms. The minimum atomic E-state index is -0.573. The van der Waals surface area contributed by atoms with E-state index in [1.165, 1.54) is 6.20 Å². The van der Waals surface area contributed by atoms with Crippen molar-refractivity contribution in [3.63, 3.8) is 0 Å². The second-order valence-corrected chi connectivity index (χ2v) is 6.04. The molecule has 8 nitrogen and oxygen atoms in total. The van der Waals surface area contributed by atoms with Crippen molar-refractivity contribution in [1.29, 1.82) is 0 Å². The fourth-order valence-corrected chi connectivity index (χ4v) is 2.51. The highest BCUT2D eigenvalue weighted by Gasteiger charge is 2.18. The van der Waals surface area contributed by atoms with Crippen LogP contribution in [0.25, 0.3) is 0 Å². The van der Waals surface area contributed by atoms with Gasteiger partial charge in [-0.3, -0.25) is 4.79 Å². The molecule has 0 saturated carbocycles. The fraction of sp³-hybridized carbons (Fsp3) is 0.333. The Morgan fingerprint density at radius 2 is 2.29 bits per heavy atom. The first kappa shape index (κ1) is 17.8. The molecule has 0 saturated heterocycles. The van der Waals surface area contributed by atoms with Gasteiger partial charge in [0.05, 0.1) is 24.7 Å². The third-order valence-corrected chi connectivity index (χ3v) is 3.93. The number of thioether (sulfide) groups is 1. The van der Waals surface area contributed by atoms with Crippen molar-refractivity contribution in [2.24, 2.45) is 0 Å². The molecule has 0 aliphatic carbocycles. The molecule has 9 heteroatoms. The summed E-state index contributed by atoms with van der Waals surface area (Å²) in [6, 6.07) is 3.53. The number of hydrogen-bond donors (Lipinski definition) is 2. The normalized spacial score (nSPS) is 11.8. The predicted octanol–water partition coefficient (Wildman–Crippen LogP) is 1.63. The number of nitrogens with one attached hydrogen (secondary N) is 1. The van der Waals surface area contributed by atoms with Crippen molar-refractivity contribution >= 4 is 29.5 Å². The maximum absolute atomic E-state index is 12.1. The molecule has 2 heterocycles. The highest BCUT2D eigenvalue weighted by molar-refractivity contribution is 8.00. The molecule has 2 aromatic heterocycles. The fourth-order valence-electron chi connectivity index (χ4n) is 1.74. The average molecular weight is 350 g/mol. The van der Waals surface area contributed by atoms with Gasteiger partial charge in [-0.25, -0.2) is 14.8 Å². The molecule has 0 unspecified atom stereocenters. The first-order chi connectivity index (χ1) is 11.5. The number of nitrogens with two attached hydrogens (primary N) is 1. The van der Waals surface area contributed by atoms with Gasteiger partial charge in [-0.15, -0.1) is 0 Å². The van der Waals surface area contributed by atoms with Crippen molar-refractivity contribution in [1.82, 2.24) is 15.3 Å². The molecule has 1 amide bonds. The molecule has 128 valence electrons. The Kier molecular flexibility index (Phi) is 6.19. The lowest BCUT2D eigenvalue weighted by atomic mass is 10.3. The topological polar surface area (TPSA) is 120 Å². The van der Waals surface area contributed by atoms with Crippen LogP contribution in [0.1, 0.15) is 30.0 Å². The van der Waals surface area contributed by atoms with Gasteiger partial charge >= 0.3 is 5.97 Å². The number of anilines is 1. The summed E-state index contributed by atoms with van der Waals surface area (Å²) >= 11 is 1.14. The second-order valence-electron chi connectivity index (χ2n) is 4.73. The molecule has 1 atom stereocenters. The Balaban J connectivity index is 1.93. The van der Waals surface area contributed by atoms with E-state index in [2.05, 4.69) is 15.3 Å². The standard InChI is InChI=1S/C15H18N4O4S/c1-3-22-14(21)11-8-18-15(19-12(11)16)24-9(2)13(20)17-7-10-5-4-6-23-10/h4-6,8-9H,3,7H2,1-2H3,(H,17,20)(H2,16,18,19)/t9-/m1/s1. The Hall–Kier alpha value is -2.55. The smallest absolute Gasteiger partial charge is 0.343 e. The summed E-state index contributed by atoms with van der Waals surface area (Å²) in [6.45, 7) is 3.96. The van der Waals surface area contributed by atoms with E-state index >= 15 is 0 Å². The Labute approximate surface area is 143 Å². The largest absolute Gasteiger partial charge is 0.467 e. The summed E-state index contributed by atoms with van der Waals surface area (Å²) in [4.78, 5) is 31.8. The van der Waals surface area contributed by atoms with Gasteiger partial charge in [0.1, 0.15) is 17.1 Å². The number of ether oxygens (including phenoxy) is 1. The van der Waals surface area contributed by atoms with Crippen LogP contribution >= 0.6 is 11.8 Å². The highest BCUT2D eigenvalue weighted by Crippen LogP contribution is 2.21. The van der Waals surface area contributed by atoms with Crippen molar-refractivity contribution in [2.75, 3.05) is 12.3 Å². The quantitative estimate of drug-likeness (QED) is 0.439. The second kappa shape index (κ2) is 8.34. The Bertz CT molecular complexity index is 706. The van der Waals surface area contributed by atoms with Crippen molar-refractivity contribution in [2.45, 2.75) is 30.8 Å². The first-order valence-electron chi connectivity index (χ1n) is 7.27. The maximum Gasteiger partial charge on any atom is 0.343 e. The van der Waals surface area contributed by atoms with Crippen molar-refractivity contribution < 1.29 is 18.7 Å². The first-order valence-corrected chi connectivity index (χ1v) is 8.15. The molecular formula is C15H18N4O4S. The van der Waals surface area contributed by atoms with Crippen LogP contribution in [-0.2, 0) is 16.1 Å². The van der Waals surface area contributed by atoms with E-state index in [0.717, 1.165) is 11.8 Å². The van der Waals surface area contributed by atoms with Crippen LogP contribution in [0.4, 0.5) is 5.82 Å². The van der Waals surface area contributed by atoms with Crippen molar-refractivity contribution in [3.05, 3.63) is 35.9 Å². The van der Waals surface area contributed by atoms with E-state index in [-0.39, 0.29) is 23.9 Å². The minimum Gasteiger partial charge on any atom is -0.467 e. The van der Waals surface area contributed by atoms with E-state index in [4.69, 9.17) is 14.9 Å². The van der Waals surface area contributed by atoms with E-state index in [0.29, 0.717) is 17.5 Å². The number of carbonyl (C=O) groups excluding carboxylic acids is 2. The van der Waals surface area contributed by atoms with Gasteiger partial charge < -0.3 is 20.2 Å². The van der Waals surface area contributed by atoms with Crippen LogP contribution in [-0.4, -0.2) is 33.7 Å². The molecule has 0 radical (unpaired) electrons. The molecular weight excluding hydrogens is 332 g/mol.